The van der Waals surface area contributed by atoms with Gasteiger partial charge in [0.15, 0.2) is 11.5 Å². The van der Waals surface area contributed by atoms with Crippen LogP contribution in [0.4, 0.5) is 0 Å². The first-order valence-electron chi connectivity index (χ1n) is 15.5. The van der Waals surface area contributed by atoms with Gasteiger partial charge in [0.1, 0.15) is 11.7 Å². The number of piperidine rings is 1. The Hall–Kier alpha value is -2.62. The van der Waals surface area contributed by atoms with E-state index in [0.29, 0.717) is 43.9 Å². The highest BCUT2D eigenvalue weighted by Crippen LogP contribution is 2.67. The standard InChI is InChI=1S/C33H42N2O6S/c1-21(2)18-35(42(38,39)20-24-7-5-4-6-8-24)26-13-14-33(41-22(3)36)28-17-25-11-12-27(37)30-29(25)32(33,31(26)40-30)15-16-34(28)19-23-9-10-23/h4-8,11-12,21,23,26,28,31,37H,9-10,13-20H2,1-3H3/t26-,28-,31+,32+,33-/m1/s1. The van der Waals surface area contributed by atoms with Crippen molar-refractivity contribution < 1.29 is 27.8 Å². The van der Waals surface area contributed by atoms with Gasteiger partial charge in [0.05, 0.1) is 23.3 Å². The van der Waals surface area contributed by atoms with E-state index in [0.717, 1.165) is 29.8 Å². The summed E-state index contributed by atoms with van der Waals surface area (Å²) in [6, 6.07) is 12.5. The third-order valence-corrected chi connectivity index (χ3v) is 12.3. The molecule has 2 heterocycles. The number of likely N-dealkylation sites (tertiary alicyclic amines) is 1. The molecule has 0 radical (unpaired) electrons. The van der Waals surface area contributed by atoms with E-state index in [1.807, 2.05) is 50.2 Å². The van der Waals surface area contributed by atoms with E-state index in [9.17, 15) is 18.3 Å². The monoisotopic (exact) mass is 594 g/mol. The fourth-order valence-electron chi connectivity index (χ4n) is 8.87. The summed E-state index contributed by atoms with van der Waals surface area (Å²) < 4.78 is 43.6. The van der Waals surface area contributed by atoms with Crippen LogP contribution in [0.1, 0.15) is 69.6 Å². The molecule has 1 saturated heterocycles. The smallest absolute Gasteiger partial charge is 0.303 e. The number of carbonyl (C=O) groups excluding carboxylic acids is 1. The number of sulfonamides is 1. The predicted molar refractivity (Wildman–Crippen MR) is 159 cm³/mol. The number of hydrogen-bond donors (Lipinski definition) is 1. The van der Waals surface area contributed by atoms with Crippen molar-refractivity contribution in [2.75, 3.05) is 19.6 Å². The number of rotatable bonds is 9. The average molecular weight is 595 g/mol. The van der Waals surface area contributed by atoms with Crippen LogP contribution < -0.4 is 4.74 Å². The molecule has 1 N–H and O–H groups in total. The predicted octanol–water partition coefficient (Wildman–Crippen LogP) is 4.38. The van der Waals surface area contributed by atoms with Gasteiger partial charge in [0, 0.05) is 25.6 Å². The van der Waals surface area contributed by atoms with Crippen LogP contribution in [0.2, 0.25) is 0 Å². The molecule has 2 aromatic carbocycles. The first-order chi connectivity index (χ1) is 20.1. The Morgan fingerprint density at radius 2 is 1.90 bits per heavy atom. The Labute approximate surface area is 249 Å². The highest BCUT2D eigenvalue weighted by atomic mass is 32.2. The lowest BCUT2D eigenvalue weighted by Gasteiger charge is -2.65. The van der Waals surface area contributed by atoms with E-state index in [1.165, 1.54) is 19.8 Å². The largest absolute Gasteiger partial charge is 0.504 e. The van der Waals surface area contributed by atoms with Crippen molar-refractivity contribution in [1.82, 2.24) is 9.21 Å². The van der Waals surface area contributed by atoms with Gasteiger partial charge in [-0.25, -0.2) is 8.42 Å². The molecule has 2 saturated carbocycles. The Balaban J connectivity index is 1.37. The van der Waals surface area contributed by atoms with Crippen molar-refractivity contribution in [2.24, 2.45) is 11.8 Å². The van der Waals surface area contributed by atoms with Crippen LogP contribution in [0.15, 0.2) is 42.5 Å². The van der Waals surface area contributed by atoms with Gasteiger partial charge in [-0.15, -0.1) is 0 Å². The molecule has 0 unspecified atom stereocenters. The molecule has 2 bridgehead atoms. The van der Waals surface area contributed by atoms with E-state index in [2.05, 4.69) is 4.90 Å². The van der Waals surface area contributed by atoms with Gasteiger partial charge in [0.25, 0.3) is 0 Å². The van der Waals surface area contributed by atoms with Crippen molar-refractivity contribution in [2.45, 2.75) is 94.3 Å². The molecule has 7 rings (SSSR count). The summed E-state index contributed by atoms with van der Waals surface area (Å²) >= 11 is 0. The van der Waals surface area contributed by atoms with E-state index < -0.39 is 33.2 Å². The number of phenols is 1. The van der Waals surface area contributed by atoms with Crippen molar-refractivity contribution in [1.29, 1.82) is 0 Å². The summed E-state index contributed by atoms with van der Waals surface area (Å²) in [6.07, 6.45) is 4.35. The number of phenolic OH excluding ortho intramolecular Hbond substituents is 1. The lowest BCUT2D eigenvalue weighted by Crippen LogP contribution is -2.79. The zero-order valence-electron chi connectivity index (χ0n) is 24.8. The number of nitrogens with zero attached hydrogens (tertiary/aromatic N) is 2. The molecule has 3 aliphatic carbocycles. The molecule has 8 nitrogen and oxygen atoms in total. The normalized spacial score (nSPS) is 31.6. The van der Waals surface area contributed by atoms with Gasteiger partial charge in [-0.2, -0.15) is 4.31 Å². The minimum Gasteiger partial charge on any atom is -0.504 e. The van der Waals surface area contributed by atoms with E-state index in [1.54, 1.807) is 10.4 Å². The fraction of sp³-hybridized carbons (Fsp3) is 0.606. The first kappa shape index (κ1) is 28.2. The average Bonchev–Trinajstić information content (AvgIpc) is 3.67. The van der Waals surface area contributed by atoms with Crippen LogP contribution in [0.3, 0.4) is 0 Å². The molecule has 0 aromatic heterocycles. The maximum absolute atomic E-state index is 14.3. The van der Waals surface area contributed by atoms with Gasteiger partial charge in [-0.05, 0) is 74.1 Å². The fourth-order valence-corrected chi connectivity index (χ4v) is 10.8. The van der Waals surface area contributed by atoms with Gasteiger partial charge in [0.2, 0.25) is 10.0 Å². The van der Waals surface area contributed by atoms with Gasteiger partial charge >= 0.3 is 5.97 Å². The van der Waals surface area contributed by atoms with Crippen LogP contribution in [0.25, 0.3) is 0 Å². The molecular weight excluding hydrogens is 552 g/mol. The second kappa shape index (κ2) is 9.96. The summed E-state index contributed by atoms with van der Waals surface area (Å²) in [7, 11) is -3.73. The number of hydrogen-bond acceptors (Lipinski definition) is 7. The quantitative estimate of drug-likeness (QED) is 0.431. The summed E-state index contributed by atoms with van der Waals surface area (Å²) in [5.41, 5.74) is 1.20. The van der Waals surface area contributed by atoms with Crippen molar-refractivity contribution in [3.05, 3.63) is 59.2 Å². The maximum atomic E-state index is 14.3. The molecule has 5 aliphatic rings. The highest BCUT2D eigenvalue weighted by Gasteiger charge is 2.76. The molecule has 0 amide bonds. The number of aromatic hydroxyl groups is 1. The second-order valence-corrected chi connectivity index (χ2v) is 15.6. The van der Waals surface area contributed by atoms with Crippen LogP contribution >= 0.6 is 0 Å². The van der Waals surface area contributed by atoms with E-state index >= 15 is 0 Å². The van der Waals surface area contributed by atoms with Crippen LogP contribution in [-0.4, -0.2) is 72.1 Å². The summed E-state index contributed by atoms with van der Waals surface area (Å²) in [6.45, 7) is 7.74. The minimum atomic E-state index is -3.73. The first-order valence-corrected chi connectivity index (χ1v) is 17.2. The Bertz CT molecular complexity index is 1490. The molecule has 226 valence electrons. The SMILES string of the molecule is CC(=O)O[C@@]12CC[C@@H](N(CC(C)C)S(=O)(=O)Cc3ccccc3)[C@@H]3Oc4c(O)ccc5c4[C@@]31CCN(CC1CC1)[C@@H]2C5. The summed E-state index contributed by atoms with van der Waals surface area (Å²) in [5.74, 6) is 0.877. The van der Waals surface area contributed by atoms with E-state index in [4.69, 9.17) is 9.47 Å². The third-order valence-electron chi connectivity index (χ3n) is 10.5. The minimum absolute atomic E-state index is 0.0229. The van der Waals surface area contributed by atoms with Crippen molar-refractivity contribution in [3.63, 3.8) is 0 Å². The number of carbonyl (C=O) groups is 1. The summed E-state index contributed by atoms with van der Waals surface area (Å²) in [4.78, 5) is 15.5. The van der Waals surface area contributed by atoms with Gasteiger partial charge in [-0.3, -0.25) is 9.69 Å². The molecule has 5 atom stereocenters. The van der Waals surface area contributed by atoms with Gasteiger partial charge < -0.3 is 14.6 Å². The molecule has 42 heavy (non-hydrogen) atoms. The third kappa shape index (κ3) is 4.21. The Morgan fingerprint density at radius 3 is 2.60 bits per heavy atom. The summed E-state index contributed by atoms with van der Waals surface area (Å²) in [5, 5.41) is 11.1. The van der Waals surface area contributed by atoms with E-state index in [-0.39, 0.29) is 29.4 Å². The molecule has 2 aromatic rings. The zero-order valence-corrected chi connectivity index (χ0v) is 25.6. The topological polar surface area (TPSA) is 96.4 Å². The molecule has 3 fully saturated rings. The molecule has 9 heteroatoms. The van der Waals surface area contributed by atoms with Crippen molar-refractivity contribution >= 4 is 16.0 Å². The number of ether oxygens (including phenoxy) is 2. The number of benzene rings is 2. The molecule has 1 spiro atoms. The molecular formula is C33H42N2O6S. The number of esters is 1. The van der Waals surface area contributed by atoms with Gasteiger partial charge in [-0.1, -0.05) is 50.2 Å². The van der Waals surface area contributed by atoms with Crippen LogP contribution in [0.5, 0.6) is 11.5 Å². The maximum Gasteiger partial charge on any atom is 0.303 e. The van der Waals surface area contributed by atoms with Crippen LogP contribution in [0, 0.1) is 11.8 Å². The lowest BCUT2D eigenvalue weighted by molar-refractivity contribution is -0.222. The van der Waals surface area contributed by atoms with Crippen molar-refractivity contribution in [3.8, 4) is 11.5 Å². The Kier molecular flexibility index (Phi) is 6.68. The highest BCUT2D eigenvalue weighted by molar-refractivity contribution is 7.88. The van der Waals surface area contributed by atoms with Crippen LogP contribution in [-0.2, 0) is 37.1 Å². The lowest BCUT2D eigenvalue weighted by atomic mass is 9.48. The Morgan fingerprint density at radius 1 is 1.14 bits per heavy atom. The zero-order chi connectivity index (χ0) is 29.4. The molecule has 2 aliphatic heterocycles. The second-order valence-electron chi connectivity index (χ2n) is 13.7.